The van der Waals surface area contributed by atoms with E-state index in [2.05, 4.69) is 41.0 Å². The Hall–Kier alpha value is -1.55. The van der Waals surface area contributed by atoms with Crippen LogP contribution in [0.5, 0.6) is 0 Å². The molecular formula is C17H24N2O2. The first kappa shape index (κ1) is 14.4. The van der Waals surface area contributed by atoms with Crippen LogP contribution in [0, 0.1) is 5.92 Å². The van der Waals surface area contributed by atoms with Crippen LogP contribution in [0.25, 0.3) is 0 Å². The normalized spacial score (nSPS) is 28.0. The van der Waals surface area contributed by atoms with Crippen molar-refractivity contribution < 1.29 is 9.90 Å². The number of rotatable bonds is 3. The molecule has 1 N–H and O–H groups in total. The van der Waals surface area contributed by atoms with Gasteiger partial charge < -0.3 is 10.0 Å². The van der Waals surface area contributed by atoms with Crippen LogP contribution in [0.15, 0.2) is 30.3 Å². The van der Waals surface area contributed by atoms with Gasteiger partial charge in [0.1, 0.15) is 6.04 Å². The molecular weight excluding hydrogens is 264 g/mol. The summed E-state index contributed by atoms with van der Waals surface area (Å²) in [5.74, 6) is -0.375. The summed E-state index contributed by atoms with van der Waals surface area (Å²) >= 11 is 0. The maximum Gasteiger partial charge on any atom is 0.321 e. The maximum atomic E-state index is 11.5. The zero-order valence-corrected chi connectivity index (χ0v) is 12.6. The fourth-order valence-corrected chi connectivity index (χ4v) is 3.87. The molecule has 2 fully saturated rings. The van der Waals surface area contributed by atoms with Crippen LogP contribution in [-0.4, -0.2) is 47.7 Å². The van der Waals surface area contributed by atoms with Gasteiger partial charge in [0.25, 0.3) is 0 Å². The van der Waals surface area contributed by atoms with Gasteiger partial charge in [0.15, 0.2) is 0 Å². The van der Waals surface area contributed by atoms with E-state index in [-0.39, 0.29) is 12.0 Å². The van der Waals surface area contributed by atoms with Crippen molar-refractivity contribution in [3.8, 4) is 0 Å². The lowest BCUT2D eigenvalue weighted by Crippen LogP contribution is -2.50. The highest BCUT2D eigenvalue weighted by atomic mass is 16.4. The summed E-state index contributed by atoms with van der Waals surface area (Å²) in [6, 6.07) is 10.6. The van der Waals surface area contributed by atoms with Crippen molar-refractivity contribution in [2.75, 3.05) is 24.5 Å². The fraction of sp³-hybridized carbons (Fsp3) is 0.588. The molecule has 4 heteroatoms. The average molecular weight is 288 g/mol. The summed E-state index contributed by atoms with van der Waals surface area (Å²) < 4.78 is 0. The van der Waals surface area contributed by atoms with Crippen molar-refractivity contribution >= 4 is 11.7 Å². The summed E-state index contributed by atoms with van der Waals surface area (Å²) in [6.07, 6.45) is 3.13. The number of hydrogen-bond donors (Lipinski definition) is 1. The highest BCUT2D eigenvalue weighted by Crippen LogP contribution is 2.31. The fourth-order valence-electron chi connectivity index (χ4n) is 3.87. The molecule has 0 aromatic heterocycles. The quantitative estimate of drug-likeness (QED) is 0.928. The van der Waals surface area contributed by atoms with E-state index in [1.807, 2.05) is 6.07 Å². The minimum absolute atomic E-state index is 0.273. The molecule has 4 nitrogen and oxygen atoms in total. The van der Waals surface area contributed by atoms with Crippen LogP contribution in [0.2, 0.25) is 0 Å². The monoisotopic (exact) mass is 288 g/mol. The Morgan fingerprint density at radius 3 is 2.38 bits per heavy atom. The van der Waals surface area contributed by atoms with Crippen LogP contribution >= 0.6 is 0 Å². The zero-order chi connectivity index (χ0) is 14.8. The Kier molecular flexibility index (Phi) is 4.15. The van der Waals surface area contributed by atoms with Crippen molar-refractivity contribution in [3.05, 3.63) is 30.3 Å². The number of carboxylic acid groups (broad SMARTS) is 1. The zero-order valence-electron chi connectivity index (χ0n) is 12.6. The molecule has 2 saturated heterocycles. The Labute approximate surface area is 126 Å². The number of anilines is 1. The summed E-state index contributed by atoms with van der Waals surface area (Å²) in [7, 11) is 0. The van der Waals surface area contributed by atoms with E-state index in [1.165, 1.54) is 5.69 Å². The van der Waals surface area contributed by atoms with Gasteiger partial charge in [-0.15, -0.1) is 0 Å². The second kappa shape index (κ2) is 6.06. The van der Waals surface area contributed by atoms with E-state index >= 15 is 0 Å². The van der Waals surface area contributed by atoms with Gasteiger partial charge in [-0.2, -0.15) is 0 Å². The van der Waals surface area contributed by atoms with E-state index in [4.69, 9.17) is 0 Å². The molecule has 0 amide bonds. The van der Waals surface area contributed by atoms with Crippen LogP contribution in [0.3, 0.4) is 0 Å². The summed E-state index contributed by atoms with van der Waals surface area (Å²) in [5, 5.41) is 9.46. The summed E-state index contributed by atoms with van der Waals surface area (Å²) in [5.41, 5.74) is 1.28. The first-order chi connectivity index (χ1) is 10.2. The van der Waals surface area contributed by atoms with Crippen molar-refractivity contribution in [3.63, 3.8) is 0 Å². The number of nitrogens with zero attached hydrogens (tertiary/aromatic N) is 2. The molecule has 2 aliphatic rings. The van der Waals surface area contributed by atoms with Crippen molar-refractivity contribution in [2.24, 2.45) is 5.92 Å². The van der Waals surface area contributed by atoms with Gasteiger partial charge in [0.05, 0.1) is 0 Å². The average Bonchev–Trinajstić information content (AvgIpc) is 2.90. The predicted octanol–water partition coefficient (Wildman–Crippen LogP) is 2.45. The minimum atomic E-state index is -0.648. The highest BCUT2D eigenvalue weighted by molar-refractivity contribution is 5.74. The predicted molar refractivity (Wildman–Crippen MR) is 83.6 cm³/mol. The Morgan fingerprint density at radius 1 is 1.10 bits per heavy atom. The minimum Gasteiger partial charge on any atom is -0.480 e. The number of benzene rings is 1. The molecule has 21 heavy (non-hydrogen) atoms. The van der Waals surface area contributed by atoms with Crippen LogP contribution in [0.1, 0.15) is 26.2 Å². The largest absolute Gasteiger partial charge is 0.480 e. The lowest BCUT2D eigenvalue weighted by atomic mass is 9.99. The standard InChI is InChI=1S/C17H24N2O2/c1-13-7-12-19(16(13)17(20)21)15-8-10-18(11-9-15)14-5-3-2-4-6-14/h2-6,13,15-16H,7-12H2,1H3,(H,20,21). The van der Waals surface area contributed by atoms with Gasteiger partial charge >= 0.3 is 5.97 Å². The molecule has 0 radical (unpaired) electrons. The molecule has 0 spiro atoms. The highest BCUT2D eigenvalue weighted by Gasteiger charge is 2.40. The number of hydrogen-bond acceptors (Lipinski definition) is 3. The Balaban J connectivity index is 1.62. The van der Waals surface area contributed by atoms with Gasteiger partial charge in [0.2, 0.25) is 0 Å². The third-order valence-electron chi connectivity index (χ3n) is 5.05. The van der Waals surface area contributed by atoms with Gasteiger partial charge in [-0.3, -0.25) is 9.69 Å². The van der Waals surface area contributed by atoms with Gasteiger partial charge in [-0.25, -0.2) is 0 Å². The molecule has 2 aliphatic heterocycles. The number of piperidine rings is 1. The topological polar surface area (TPSA) is 43.8 Å². The molecule has 1 aromatic carbocycles. The number of carbonyl (C=O) groups is 1. The Morgan fingerprint density at radius 2 is 1.76 bits per heavy atom. The van der Waals surface area contributed by atoms with Crippen molar-refractivity contribution in [2.45, 2.75) is 38.3 Å². The molecule has 2 atom stereocenters. The van der Waals surface area contributed by atoms with E-state index in [9.17, 15) is 9.90 Å². The smallest absolute Gasteiger partial charge is 0.321 e. The molecule has 0 aliphatic carbocycles. The van der Waals surface area contributed by atoms with Crippen LogP contribution in [0.4, 0.5) is 5.69 Å². The van der Waals surface area contributed by atoms with Gasteiger partial charge in [0, 0.05) is 24.8 Å². The lowest BCUT2D eigenvalue weighted by molar-refractivity contribution is -0.144. The molecule has 114 valence electrons. The van der Waals surface area contributed by atoms with Gasteiger partial charge in [-0.05, 0) is 43.9 Å². The Bertz CT molecular complexity index is 483. The van der Waals surface area contributed by atoms with Crippen molar-refractivity contribution in [1.29, 1.82) is 0 Å². The first-order valence-electron chi connectivity index (χ1n) is 7.95. The molecule has 2 unspecified atom stereocenters. The third-order valence-corrected chi connectivity index (χ3v) is 5.05. The number of likely N-dealkylation sites (tertiary alicyclic amines) is 1. The van der Waals surface area contributed by atoms with Crippen LogP contribution < -0.4 is 4.90 Å². The van der Waals surface area contributed by atoms with E-state index in [1.54, 1.807) is 0 Å². The summed E-state index contributed by atoms with van der Waals surface area (Å²) in [6.45, 7) is 5.05. The third kappa shape index (κ3) is 2.91. The molecule has 0 bridgehead atoms. The number of carboxylic acids is 1. The molecule has 3 rings (SSSR count). The van der Waals surface area contributed by atoms with Crippen molar-refractivity contribution in [1.82, 2.24) is 4.90 Å². The van der Waals surface area contributed by atoms with E-state index in [0.717, 1.165) is 38.9 Å². The maximum absolute atomic E-state index is 11.5. The number of aliphatic carboxylic acids is 1. The number of para-hydroxylation sites is 1. The van der Waals surface area contributed by atoms with E-state index < -0.39 is 5.97 Å². The molecule has 2 heterocycles. The van der Waals surface area contributed by atoms with Crippen LogP contribution in [-0.2, 0) is 4.79 Å². The lowest BCUT2D eigenvalue weighted by Gasteiger charge is -2.39. The molecule has 1 aromatic rings. The SMILES string of the molecule is CC1CCN(C2CCN(c3ccccc3)CC2)C1C(=O)O. The van der Waals surface area contributed by atoms with E-state index in [0.29, 0.717) is 6.04 Å². The summed E-state index contributed by atoms with van der Waals surface area (Å²) in [4.78, 5) is 16.2. The first-order valence-corrected chi connectivity index (χ1v) is 7.95. The van der Waals surface area contributed by atoms with Gasteiger partial charge in [-0.1, -0.05) is 25.1 Å². The molecule has 0 saturated carbocycles. The second-order valence-corrected chi connectivity index (χ2v) is 6.34. The second-order valence-electron chi connectivity index (χ2n) is 6.34.